The second-order valence-electron chi connectivity index (χ2n) is 8.24. The molecular formula is C24H28ClN3O2. The fourth-order valence-electron chi connectivity index (χ4n) is 4.04. The van der Waals surface area contributed by atoms with Crippen LogP contribution in [0.3, 0.4) is 0 Å². The van der Waals surface area contributed by atoms with E-state index >= 15 is 0 Å². The van der Waals surface area contributed by atoms with Crippen molar-refractivity contribution in [2.24, 2.45) is 0 Å². The van der Waals surface area contributed by atoms with Crippen molar-refractivity contribution in [3.05, 3.63) is 58.0 Å². The molecule has 6 heteroatoms. The van der Waals surface area contributed by atoms with Crippen LogP contribution >= 0.6 is 11.6 Å². The highest BCUT2D eigenvalue weighted by Crippen LogP contribution is 2.34. The summed E-state index contributed by atoms with van der Waals surface area (Å²) >= 11 is 6.37. The molecule has 0 bridgehead atoms. The molecule has 0 amide bonds. The molecule has 30 heavy (non-hydrogen) atoms. The average Bonchev–Trinajstić information content (AvgIpc) is 2.89. The number of aryl methyl sites for hydroxylation is 2. The molecule has 158 valence electrons. The molecule has 0 unspecified atom stereocenters. The van der Waals surface area contributed by atoms with Crippen LogP contribution in [0.15, 0.2) is 30.3 Å². The van der Waals surface area contributed by atoms with E-state index in [-0.39, 0.29) is 12.2 Å². The lowest BCUT2D eigenvalue weighted by Gasteiger charge is -2.15. The summed E-state index contributed by atoms with van der Waals surface area (Å²) in [7, 11) is 0. The Morgan fingerprint density at radius 1 is 1.17 bits per heavy atom. The smallest absolute Gasteiger partial charge is 0.140 e. The Morgan fingerprint density at radius 2 is 1.90 bits per heavy atom. The van der Waals surface area contributed by atoms with Crippen LogP contribution < -0.4 is 4.74 Å². The van der Waals surface area contributed by atoms with Crippen molar-refractivity contribution in [2.45, 2.75) is 59.7 Å². The number of hydrogen-bond donors (Lipinski definition) is 0. The second kappa shape index (κ2) is 8.40. The number of pyridine rings is 1. The van der Waals surface area contributed by atoms with Gasteiger partial charge in [-0.15, -0.1) is 0 Å². The quantitative estimate of drug-likeness (QED) is 0.554. The van der Waals surface area contributed by atoms with Crippen LogP contribution in [-0.4, -0.2) is 33.6 Å². The number of aromatic nitrogens is 3. The van der Waals surface area contributed by atoms with E-state index in [9.17, 15) is 0 Å². The first-order valence-corrected chi connectivity index (χ1v) is 10.8. The Balaban J connectivity index is 1.89. The third-order valence-corrected chi connectivity index (χ3v) is 5.51. The normalized spacial score (nSPS) is 16.4. The Labute approximate surface area is 183 Å². The Hall–Kier alpha value is -2.37. The second-order valence-corrected chi connectivity index (χ2v) is 8.65. The number of fused-ring (bicyclic) bond motifs is 1. The number of halogens is 1. The zero-order valence-electron chi connectivity index (χ0n) is 18.2. The average molecular weight is 426 g/mol. The van der Waals surface area contributed by atoms with E-state index < -0.39 is 0 Å². The highest BCUT2D eigenvalue weighted by molar-refractivity contribution is 6.32. The number of ether oxygens (including phenoxy) is 2. The number of benzene rings is 1. The van der Waals surface area contributed by atoms with E-state index in [0.29, 0.717) is 17.4 Å². The third-order valence-electron chi connectivity index (χ3n) is 5.20. The molecule has 0 saturated carbocycles. The van der Waals surface area contributed by atoms with E-state index in [1.165, 1.54) is 11.3 Å². The number of nitrogens with zero attached hydrogens (tertiary/aromatic N) is 3. The molecule has 0 saturated heterocycles. The van der Waals surface area contributed by atoms with Crippen molar-refractivity contribution in [3.63, 3.8) is 0 Å². The Morgan fingerprint density at radius 3 is 2.60 bits per heavy atom. The van der Waals surface area contributed by atoms with Crippen LogP contribution in [0.5, 0.6) is 5.75 Å². The maximum absolute atomic E-state index is 6.37. The van der Waals surface area contributed by atoms with Gasteiger partial charge in [0.2, 0.25) is 0 Å². The molecule has 0 radical (unpaired) electrons. The molecule has 0 N–H and O–H groups in total. The van der Waals surface area contributed by atoms with Crippen molar-refractivity contribution in [1.82, 2.24) is 14.8 Å². The molecule has 5 nitrogen and oxygen atoms in total. The highest BCUT2D eigenvalue weighted by Gasteiger charge is 2.25. The van der Waals surface area contributed by atoms with Crippen LogP contribution in [0, 0.1) is 13.8 Å². The standard InChI is InChI=1S/C24H28ClN3O2/c1-14(2)30-23-13-19(6-7-21(23)25)28-22-12-17(5)29-9-8-20(22)24(27-28)18-10-15(3)26-16(4)11-18/h6-7,10-11,13-14,17H,8-9,12H2,1-5H3/t17-/m1/s1. The van der Waals surface area contributed by atoms with Gasteiger partial charge in [-0.3, -0.25) is 4.98 Å². The van der Waals surface area contributed by atoms with E-state index in [0.717, 1.165) is 41.2 Å². The van der Waals surface area contributed by atoms with Crippen molar-refractivity contribution in [2.75, 3.05) is 6.61 Å². The maximum Gasteiger partial charge on any atom is 0.140 e. The van der Waals surface area contributed by atoms with Gasteiger partial charge in [-0.1, -0.05) is 11.6 Å². The summed E-state index contributed by atoms with van der Waals surface area (Å²) in [5, 5.41) is 5.68. The molecule has 1 aliphatic rings. The zero-order valence-corrected chi connectivity index (χ0v) is 19.0. The van der Waals surface area contributed by atoms with Crippen LogP contribution in [0.25, 0.3) is 16.9 Å². The van der Waals surface area contributed by atoms with E-state index in [1.54, 1.807) is 0 Å². The van der Waals surface area contributed by atoms with Gasteiger partial charge in [0.25, 0.3) is 0 Å². The van der Waals surface area contributed by atoms with Crippen LogP contribution in [0.1, 0.15) is 43.4 Å². The summed E-state index contributed by atoms with van der Waals surface area (Å²) in [5.41, 5.74) is 7.44. The van der Waals surface area contributed by atoms with Gasteiger partial charge in [0.05, 0.1) is 40.9 Å². The summed E-state index contributed by atoms with van der Waals surface area (Å²) in [6.45, 7) is 10.8. The van der Waals surface area contributed by atoms with E-state index in [2.05, 4.69) is 24.0 Å². The maximum atomic E-state index is 6.37. The number of hydrogen-bond acceptors (Lipinski definition) is 4. The fraction of sp³-hybridized carbons (Fsp3) is 0.417. The van der Waals surface area contributed by atoms with Gasteiger partial charge in [-0.05, 0) is 65.3 Å². The summed E-state index contributed by atoms with van der Waals surface area (Å²) < 4.78 is 13.9. The zero-order chi connectivity index (χ0) is 21.4. The SMILES string of the molecule is Cc1cc(-c2nn(-c3ccc(Cl)c(OC(C)C)c3)c3c2CCO[C@H](C)C3)cc(C)n1. The van der Waals surface area contributed by atoms with Crippen molar-refractivity contribution < 1.29 is 9.47 Å². The van der Waals surface area contributed by atoms with E-state index in [1.807, 2.05) is 50.6 Å². The molecule has 0 fully saturated rings. The predicted octanol–water partition coefficient (Wildman–Crippen LogP) is 5.50. The minimum absolute atomic E-state index is 0.0410. The molecule has 1 aromatic carbocycles. The summed E-state index contributed by atoms with van der Waals surface area (Å²) in [6.07, 6.45) is 1.81. The van der Waals surface area contributed by atoms with Gasteiger partial charge in [-0.2, -0.15) is 5.10 Å². The lowest BCUT2D eigenvalue weighted by Crippen LogP contribution is -2.13. The molecule has 0 aliphatic carbocycles. The van der Waals surface area contributed by atoms with Gasteiger partial charge in [0.1, 0.15) is 5.75 Å². The van der Waals surface area contributed by atoms with Gasteiger partial charge in [0.15, 0.2) is 0 Å². The van der Waals surface area contributed by atoms with Gasteiger partial charge in [0, 0.05) is 35.0 Å². The summed E-state index contributed by atoms with van der Waals surface area (Å²) in [4.78, 5) is 4.53. The highest BCUT2D eigenvalue weighted by atomic mass is 35.5. The van der Waals surface area contributed by atoms with Gasteiger partial charge >= 0.3 is 0 Å². The topological polar surface area (TPSA) is 49.2 Å². The minimum Gasteiger partial charge on any atom is -0.489 e. The first kappa shape index (κ1) is 20.9. The molecule has 2 aromatic heterocycles. The molecule has 0 spiro atoms. The van der Waals surface area contributed by atoms with Crippen LogP contribution in [0.4, 0.5) is 0 Å². The van der Waals surface area contributed by atoms with Crippen molar-refractivity contribution in [3.8, 4) is 22.7 Å². The molecule has 3 aromatic rings. The first-order valence-electron chi connectivity index (χ1n) is 10.5. The Kier molecular flexibility index (Phi) is 5.85. The molecular weight excluding hydrogens is 398 g/mol. The monoisotopic (exact) mass is 425 g/mol. The van der Waals surface area contributed by atoms with E-state index in [4.69, 9.17) is 26.2 Å². The largest absolute Gasteiger partial charge is 0.489 e. The summed E-state index contributed by atoms with van der Waals surface area (Å²) in [6, 6.07) is 10.0. The van der Waals surface area contributed by atoms with Gasteiger partial charge < -0.3 is 9.47 Å². The lowest BCUT2D eigenvalue weighted by molar-refractivity contribution is 0.0735. The predicted molar refractivity (Wildman–Crippen MR) is 120 cm³/mol. The molecule has 3 heterocycles. The van der Waals surface area contributed by atoms with Crippen molar-refractivity contribution >= 4 is 11.6 Å². The molecule has 4 rings (SSSR count). The van der Waals surface area contributed by atoms with Crippen LogP contribution in [-0.2, 0) is 17.6 Å². The minimum atomic E-state index is 0.0410. The van der Waals surface area contributed by atoms with Crippen LogP contribution in [0.2, 0.25) is 5.02 Å². The molecule has 1 atom stereocenters. The third kappa shape index (κ3) is 4.23. The number of rotatable bonds is 4. The lowest BCUT2D eigenvalue weighted by atomic mass is 10.0. The fourth-order valence-corrected chi connectivity index (χ4v) is 4.20. The first-order chi connectivity index (χ1) is 14.3. The molecule has 1 aliphatic heterocycles. The summed E-state index contributed by atoms with van der Waals surface area (Å²) in [5.74, 6) is 0.670. The van der Waals surface area contributed by atoms with Gasteiger partial charge in [-0.25, -0.2) is 4.68 Å². The van der Waals surface area contributed by atoms with Crippen molar-refractivity contribution in [1.29, 1.82) is 0 Å². The Bertz CT molecular complexity index is 1050.